The van der Waals surface area contributed by atoms with Crippen LogP contribution in [0.2, 0.25) is 0 Å². The first-order valence-corrected chi connectivity index (χ1v) is 16.0. The van der Waals surface area contributed by atoms with Gasteiger partial charge < -0.3 is 10.3 Å². The maximum Gasteiger partial charge on any atom is 0.225 e. The number of anilines is 1. The smallest absolute Gasteiger partial charge is 0.225 e. The molecule has 6 rings (SSSR count). The van der Waals surface area contributed by atoms with Crippen molar-refractivity contribution in [2.75, 3.05) is 11.1 Å². The molecule has 7 heteroatoms. The first-order valence-electron chi connectivity index (χ1n) is 14.2. The molecule has 5 aromatic rings. The zero-order chi connectivity index (χ0) is 29.1. The van der Waals surface area contributed by atoms with Gasteiger partial charge in [-0.3, -0.25) is 4.79 Å². The van der Waals surface area contributed by atoms with Crippen LogP contribution in [-0.2, 0) is 17.6 Å². The minimum absolute atomic E-state index is 0.0821. The standard InChI is InChI=1S/C35H32N4OS2/c1-22-8-12-25(13-9-22)32-33(26-14-10-23(2)11-15-26)39-35(38-32)41-19-18-31(40)37-34-29(21-36)28-17-16-27(20-30(28)42-34)24-6-4-3-5-7-24/h3-15,27H,16-20H2,1-2H3,(H,37,40)(H,38,39). The van der Waals surface area contributed by atoms with Crippen LogP contribution >= 0.6 is 23.1 Å². The number of H-pyrrole nitrogens is 1. The number of thioether (sulfide) groups is 1. The molecule has 0 aliphatic heterocycles. The Bertz CT molecular complexity index is 1680. The summed E-state index contributed by atoms with van der Waals surface area (Å²) in [4.78, 5) is 22.6. The van der Waals surface area contributed by atoms with Crippen LogP contribution in [0.5, 0.6) is 0 Å². The number of hydrogen-bond acceptors (Lipinski definition) is 5. The molecule has 5 nitrogen and oxygen atoms in total. The highest BCUT2D eigenvalue weighted by molar-refractivity contribution is 7.99. The Kier molecular flexibility index (Phi) is 8.27. The fraction of sp³-hybridized carbons (Fsp3) is 0.229. The average Bonchev–Trinajstić information content (AvgIpc) is 3.59. The lowest BCUT2D eigenvalue weighted by Gasteiger charge is -2.22. The molecule has 42 heavy (non-hydrogen) atoms. The van der Waals surface area contributed by atoms with Crippen molar-refractivity contribution in [3.63, 3.8) is 0 Å². The zero-order valence-electron chi connectivity index (χ0n) is 23.7. The molecule has 2 N–H and O–H groups in total. The zero-order valence-corrected chi connectivity index (χ0v) is 25.4. The Hall–Kier alpha value is -4.12. The topological polar surface area (TPSA) is 81.6 Å². The molecule has 0 spiro atoms. The average molecular weight is 589 g/mol. The molecule has 1 amide bonds. The number of thiophene rings is 1. The number of benzene rings is 3. The first-order chi connectivity index (χ1) is 20.5. The molecule has 0 fully saturated rings. The fourth-order valence-corrected chi connectivity index (χ4v) is 7.61. The van der Waals surface area contributed by atoms with Crippen molar-refractivity contribution in [1.82, 2.24) is 9.97 Å². The number of hydrogen-bond donors (Lipinski definition) is 2. The lowest BCUT2D eigenvalue weighted by molar-refractivity contribution is -0.115. The lowest BCUT2D eigenvalue weighted by Crippen LogP contribution is -2.12. The van der Waals surface area contributed by atoms with E-state index >= 15 is 0 Å². The van der Waals surface area contributed by atoms with E-state index in [0.29, 0.717) is 28.7 Å². The van der Waals surface area contributed by atoms with Gasteiger partial charge in [0.2, 0.25) is 5.91 Å². The van der Waals surface area contributed by atoms with E-state index in [-0.39, 0.29) is 5.91 Å². The van der Waals surface area contributed by atoms with E-state index in [1.165, 1.54) is 33.3 Å². The second kappa shape index (κ2) is 12.4. The number of imidazole rings is 1. The number of aromatic nitrogens is 2. The van der Waals surface area contributed by atoms with Crippen LogP contribution < -0.4 is 5.32 Å². The monoisotopic (exact) mass is 588 g/mol. The van der Waals surface area contributed by atoms with E-state index in [2.05, 4.69) is 103 Å². The van der Waals surface area contributed by atoms with Gasteiger partial charge in [-0.15, -0.1) is 11.3 Å². The maximum absolute atomic E-state index is 13.0. The van der Waals surface area contributed by atoms with Crippen molar-refractivity contribution in [2.45, 2.75) is 50.6 Å². The van der Waals surface area contributed by atoms with Crippen molar-refractivity contribution in [3.05, 3.63) is 112 Å². The summed E-state index contributed by atoms with van der Waals surface area (Å²) >= 11 is 3.10. The second-order valence-corrected chi connectivity index (χ2v) is 13.0. The number of amides is 1. The van der Waals surface area contributed by atoms with Crippen molar-refractivity contribution in [2.24, 2.45) is 0 Å². The molecule has 0 saturated heterocycles. The number of aromatic amines is 1. The predicted molar refractivity (Wildman–Crippen MR) is 173 cm³/mol. The summed E-state index contributed by atoms with van der Waals surface area (Å²) in [6, 6.07) is 29.8. The molecule has 1 aliphatic carbocycles. The van der Waals surface area contributed by atoms with Crippen molar-refractivity contribution >= 4 is 34.0 Å². The first kappa shape index (κ1) is 28.0. The van der Waals surface area contributed by atoms with E-state index in [1.54, 1.807) is 11.3 Å². The van der Waals surface area contributed by atoms with Gasteiger partial charge in [0.1, 0.15) is 11.1 Å². The summed E-state index contributed by atoms with van der Waals surface area (Å²) in [5.74, 6) is 0.941. The third-order valence-corrected chi connectivity index (χ3v) is 9.86. The summed E-state index contributed by atoms with van der Waals surface area (Å²) in [5.41, 5.74) is 9.51. The lowest BCUT2D eigenvalue weighted by atomic mass is 9.83. The number of nitriles is 1. The highest BCUT2D eigenvalue weighted by atomic mass is 32.2. The van der Waals surface area contributed by atoms with Crippen LogP contribution in [0, 0.1) is 25.2 Å². The molecule has 1 atom stereocenters. The van der Waals surface area contributed by atoms with Crippen LogP contribution in [0.3, 0.4) is 0 Å². The third-order valence-electron chi connectivity index (χ3n) is 7.82. The van der Waals surface area contributed by atoms with Gasteiger partial charge in [0.15, 0.2) is 5.16 Å². The van der Waals surface area contributed by atoms with Crippen molar-refractivity contribution in [3.8, 4) is 28.6 Å². The maximum atomic E-state index is 13.0. The molecule has 2 aromatic heterocycles. The van der Waals surface area contributed by atoms with E-state index in [0.717, 1.165) is 52.5 Å². The number of fused-ring (bicyclic) bond motifs is 1. The quantitative estimate of drug-likeness (QED) is 0.178. The van der Waals surface area contributed by atoms with Gasteiger partial charge in [-0.1, -0.05) is 102 Å². The number of nitrogens with one attached hydrogen (secondary N) is 2. The highest BCUT2D eigenvalue weighted by Gasteiger charge is 2.27. The summed E-state index contributed by atoms with van der Waals surface area (Å²) in [7, 11) is 0. The highest BCUT2D eigenvalue weighted by Crippen LogP contribution is 2.42. The van der Waals surface area contributed by atoms with Gasteiger partial charge in [0.25, 0.3) is 0 Å². The molecule has 0 bridgehead atoms. The number of aryl methyl sites for hydroxylation is 2. The molecular formula is C35H32N4OS2. The summed E-state index contributed by atoms with van der Waals surface area (Å²) in [6.45, 7) is 4.16. The van der Waals surface area contributed by atoms with Crippen LogP contribution in [0.15, 0.2) is 84.0 Å². The van der Waals surface area contributed by atoms with Crippen molar-refractivity contribution in [1.29, 1.82) is 5.26 Å². The number of rotatable bonds is 8. The number of carbonyl (C=O) groups is 1. The summed E-state index contributed by atoms with van der Waals surface area (Å²) < 4.78 is 0. The van der Waals surface area contributed by atoms with Crippen molar-refractivity contribution < 1.29 is 4.79 Å². The van der Waals surface area contributed by atoms with Gasteiger partial charge in [0.05, 0.1) is 17.0 Å². The van der Waals surface area contributed by atoms with Gasteiger partial charge in [-0.05, 0) is 50.2 Å². The molecule has 1 unspecified atom stereocenters. The Morgan fingerprint density at radius 1 is 1.02 bits per heavy atom. The van der Waals surface area contributed by atoms with E-state index in [9.17, 15) is 10.1 Å². The molecule has 2 heterocycles. The second-order valence-electron chi connectivity index (χ2n) is 10.8. The Morgan fingerprint density at radius 3 is 2.40 bits per heavy atom. The van der Waals surface area contributed by atoms with Crippen LogP contribution in [0.4, 0.5) is 5.00 Å². The fourth-order valence-electron chi connectivity index (χ4n) is 5.50. The Morgan fingerprint density at radius 2 is 1.71 bits per heavy atom. The van der Waals surface area contributed by atoms with Gasteiger partial charge in [-0.2, -0.15) is 5.26 Å². The largest absolute Gasteiger partial charge is 0.332 e. The molecular weight excluding hydrogens is 557 g/mol. The Labute approximate surface area is 255 Å². The SMILES string of the molecule is Cc1ccc(-c2nc(SCCC(=O)Nc3sc4c(c3C#N)CCC(c3ccccc3)C4)[nH]c2-c2ccc(C)cc2)cc1. The number of carbonyl (C=O) groups excluding carboxylic acids is 1. The van der Waals surface area contributed by atoms with Crippen LogP contribution in [-0.4, -0.2) is 21.6 Å². The van der Waals surface area contributed by atoms with Crippen LogP contribution in [0.1, 0.15) is 51.5 Å². The Balaban J connectivity index is 1.13. The molecule has 210 valence electrons. The summed E-state index contributed by atoms with van der Waals surface area (Å²) in [5, 5.41) is 14.4. The molecule has 3 aromatic carbocycles. The number of nitrogens with zero attached hydrogens (tertiary/aromatic N) is 2. The molecule has 0 radical (unpaired) electrons. The molecule has 0 saturated carbocycles. The third kappa shape index (κ3) is 6.06. The predicted octanol–water partition coefficient (Wildman–Crippen LogP) is 8.69. The van der Waals surface area contributed by atoms with Gasteiger partial charge in [-0.25, -0.2) is 4.98 Å². The van der Waals surface area contributed by atoms with E-state index in [4.69, 9.17) is 4.98 Å². The van der Waals surface area contributed by atoms with Gasteiger partial charge in [0, 0.05) is 28.2 Å². The van der Waals surface area contributed by atoms with E-state index in [1.807, 2.05) is 6.07 Å². The summed E-state index contributed by atoms with van der Waals surface area (Å²) in [6.07, 6.45) is 3.12. The van der Waals surface area contributed by atoms with Crippen LogP contribution in [0.25, 0.3) is 22.5 Å². The normalized spacial score (nSPS) is 14.3. The minimum Gasteiger partial charge on any atom is -0.332 e. The molecule has 1 aliphatic rings. The van der Waals surface area contributed by atoms with Gasteiger partial charge >= 0.3 is 0 Å². The minimum atomic E-state index is -0.0821. The van der Waals surface area contributed by atoms with E-state index < -0.39 is 0 Å².